The van der Waals surface area contributed by atoms with Gasteiger partial charge in [0.1, 0.15) is 13.2 Å². The smallest absolute Gasteiger partial charge is 0.306 e. The highest BCUT2D eigenvalue weighted by molar-refractivity contribution is 5.71. The van der Waals surface area contributed by atoms with Crippen LogP contribution in [-0.2, 0) is 28.6 Å². The highest BCUT2D eigenvalue weighted by atomic mass is 16.6. The van der Waals surface area contributed by atoms with Crippen molar-refractivity contribution in [2.75, 3.05) is 13.2 Å². The Labute approximate surface area is 505 Å². The minimum atomic E-state index is -0.783. The SMILES string of the molecule is CCCCCC/C=C\CCCCCCCC(=O)OCC(COC(=O)CCCCCCCCCCCCCCCCCCCCCCCCCCCCCCC)OC(=O)CCCCCCCC/C=C\C/C=C\C/C=C\CCCCCCC. The zero-order valence-corrected chi connectivity index (χ0v) is 54.6. The van der Waals surface area contributed by atoms with Crippen LogP contribution in [0, 0.1) is 0 Å². The molecule has 0 amide bonds. The zero-order valence-electron chi connectivity index (χ0n) is 54.6. The van der Waals surface area contributed by atoms with E-state index in [0.29, 0.717) is 19.3 Å². The maximum Gasteiger partial charge on any atom is 0.306 e. The third-order valence-electron chi connectivity index (χ3n) is 16.3. The minimum Gasteiger partial charge on any atom is -0.462 e. The summed E-state index contributed by atoms with van der Waals surface area (Å²) < 4.78 is 17.0. The molecule has 0 rings (SSSR count). The molecule has 0 aliphatic rings. The number of hydrogen-bond donors (Lipinski definition) is 0. The molecule has 81 heavy (non-hydrogen) atoms. The molecule has 0 aromatic carbocycles. The van der Waals surface area contributed by atoms with Crippen LogP contribution in [0.4, 0.5) is 0 Å². The van der Waals surface area contributed by atoms with Crippen molar-refractivity contribution in [2.45, 2.75) is 399 Å². The molecule has 0 bridgehead atoms. The van der Waals surface area contributed by atoms with E-state index < -0.39 is 6.10 Å². The van der Waals surface area contributed by atoms with Gasteiger partial charge >= 0.3 is 17.9 Å². The summed E-state index contributed by atoms with van der Waals surface area (Å²) in [5.74, 6) is -0.875. The lowest BCUT2D eigenvalue weighted by Crippen LogP contribution is -2.30. The van der Waals surface area contributed by atoms with Gasteiger partial charge in [0.15, 0.2) is 6.10 Å². The van der Waals surface area contributed by atoms with Gasteiger partial charge in [0.2, 0.25) is 0 Å². The largest absolute Gasteiger partial charge is 0.462 e. The summed E-state index contributed by atoms with van der Waals surface area (Å²) in [7, 11) is 0. The van der Waals surface area contributed by atoms with E-state index in [1.54, 1.807) is 0 Å². The maximum atomic E-state index is 12.9. The molecule has 0 aliphatic carbocycles. The molecule has 0 N–H and O–H groups in total. The summed E-state index contributed by atoms with van der Waals surface area (Å²) in [6.07, 6.45) is 88.7. The van der Waals surface area contributed by atoms with E-state index in [0.717, 1.165) is 83.5 Å². The Hall–Kier alpha value is -2.63. The molecule has 0 saturated carbocycles. The van der Waals surface area contributed by atoms with Gasteiger partial charge in [-0.25, -0.2) is 0 Å². The molecule has 1 atom stereocenters. The van der Waals surface area contributed by atoms with Crippen LogP contribution in [0.2, 0.25) is 0 Å². The third kappa shape index (κ3) is 68.0. The predicted octanol–water partition coefficient (Wildman–Crippen LogP) is 24.9. The van der Waals surface area contributed by atoms with Gasteiger partial charge in [-0.1, -0.05) is 339 Å². The van der Waals surface area contributed by atoms with Crippen LogP contribution in [0.25, 0.3) is 0 Å². The quantitative estimate of drug-likeness (QED) is 0.0261. The second-order valence-corrected chi connectivity index (χ2v) is 24.5. The van der Waals surface area contributed by atoms with Crippen LogP contribution in [0.3, 0.4) is 0 Å². The average Bonchev–Trinajstić information content (AvgIpc) is 3.46. The van der Waals surface area contributed by atoms with Crippen molar-refractivity contribution < 1.29 is 28.6 Å². The Morgan fingerprint density at radius 1 is 0.247 bits per heavy atom. The molecular formula is C75H138O6. The molecule has 0 aromatic heterocycles. The molecule has 0 aliphatic heterocycles. The molecule has 474 valence electrons. The van der Waals surface area contributed by atoms with Gasteiger partial charge in [0.05, 0.1) is 0 Å². The normalized spacial score (nSPS) is 12.3. The molecule has 0 spiro atoms. The van der Waals surface area contributed by atoms with E-state index in [2.05, 4.69) is 69.4 Å². The van der Waals surface area contributed by atoms with Gasteiger partial charge in [-0.3, -0.25) is 14.4 Å². The minimum absolute atomic E-state index is 0.0774. The molecule has 0 radical (unpaired) electrons. The lowest BCUT2D eigenvalue weighted by molar-refractivity contribution is -0.167. The van der Waals surface area contributed by atoms with Gasteiger partial charge < -0.3 is 14.2 Å². The first-order chi connectivity index (χ1) is 40.0. The highest BCUT2D eigenvalue weighted by Crippen LogP contribution is 2.18. The first-order valence-corrected chi connectivity index (χ1v) is 36.1. The lowest BCUT2D eigenvalue weighted by atomic mass is 10.0. The van der Waals surface area contributed by atoms with Crippen LogP contribution in [0.1, 0.15) is 393 Å². The van der Waals surface area contributed by atoms with Crippen molar-refractivity contribution in [1.82, 2.24) is 0 Å². The Balaban J connectivity index is 4.21. The van der Waals surface area contributed by atoms with Crippen molar-refractivity contribution in [2.24, 2.45) is 0 Å². The third-order valence-corrected chi connectivity index (χ3v) is 16.3. The van der Waals surface area contributed by atoms with Crippen molar-refractivity contribution in [3.63, 3.8) is 0 Å². The molecule has 1 unspecified atom stereocenters. The fourth-order valence-corrected chi connectivity index (χ4v) is 10.9. The summed E-state index contributed by atoms with van der Waals surface area (Å²) >= 11 is 0. The first-order valence-electron chi connectivity index (χ1n) is 36.1. The van der Waals surface area contributed by atoms with Crippen LogP contribution in [-0.4, -0.2) is 37.2 Å². The van der Waals surface area contributed by atoms with Gasteiger partial charge in [0, 0.05) is 19.3 Å². The van der Waals surface area contributed by atoms with Crippen molar-refractivity contribution in [1.29, 1.82) is 0 Å². The van der Waals surface area contributed by atoms with Crippen molar-refractivity contribution in [3.05, 3.63) is 48.6 Å². The predicted molar refractivity (Wildman–Crippen MR) is 353 cm³/mol. The zero-order chi connectivity index (χ0) is 58.5. The number of carbonyl (C=O) groups excluding carboxylic acids is 3. The van der Waals surface area contributed by atoms with Gasteiger partial charge in [-0.2, -0.15) is 0 Å². The maximum absolute atomic E-state index is 12.9. The fourth-order valence-electron chi connectivity index (χ4n) is 10.9. The fraction of sp³-hybridized carbons (Fsp3) is 0.853. The number of esters is 3. The van der Waals surface area contributed by atoms with Crippen LogP contribution >= 0.6 is 0 Å². The molecule has 0 aromatic rings. The number of rotatable bonds is 67. The Morgan fingerprint density at radius 3 is 0.716 bits per heavy atom. The van der Waals surface area contributed by atoms with E-state index in [1.165, 1.54) is 270 Å². The number of allylic oxidation sites excluding steroid dienone is 8. The lowest BCUT2D eigenvalue weighted by Gasteiger charge is -2.18. The van der Waals surface area contributed by atoms with Crippen molar-refractivity contribution in [3.8, 4) is 0 Å². The summed E-state index contributed by atoms with van der Waals surface area (Å²) in [5, 5.41) is 0. The van der Waals surface area contributed by atoms with Gasteiger partial charge in [-0.15, -0.1) is 0 Å². The van der Waals surface area contributed by atoms with Crippen LogP contribution in [0.5, 0.6) is 0 Å². The van der Waals surface area contributed by atoms with E-state index in [-0.39, 0.29) is 31.1 Å². The number of hydrogen-bond acceptors (Lipinski definition) is 6. The topological polar surface area (TPSA) is 78.9 Å². The molecule has 6 nitrogen and oxygen atoms in total. The van der Waals surface area contributed by atoms with E-state index >= 15 is 0 Å². The Morgan fingerprint density at radius 2 is 0.444 bits per heavy atom. The second-order valence-electron chi connectivity index (χ2n) is 24.5. The molecule has 0 heterocycles. The number of carbonyl (C=O) groups is 3. The standard InChI is InChI=1S/C75H138O6/c1-4-7-10-13-16-19-22-25-27-29-31-33-34-35-36-37-38-39-40-42-43-45-47-50-53-56-59-62-65-68-74(77)80-71-72(70-79-73(76)67-64-61-58-55-52-49-24-21-18-15-12-9-6-3)81-75(78)69-66-63-60-57-54-51-48-46-44-41-32-30-28-26-23-20-17-14-11-8-5-2/h21,23-24,26,30,32,44,46,72H,4-20,22,25,27-29,31,33-43,45,47-71H2,1-3H3/b24-21-,26-23-,32-30-,46-44-. The van der Waals surface area contributed by atoms with Crippen molar-refractivity contribution >= 4 is 17.9 Å². The van der Waals surface area contributed by atoms with Crippen LogP contribution in [0.15, 0.2) is 48.6 Å². The van der Waals surface area contributed by atoms with Gasteiger partial charge in [-0.05, 0) is 83.5 Å². The highest BCUT2D eigenvalue weighted by Gasteiger charge is 2.19. The van der Waals surface area contributed by atoms with E-state index in [4.69, 9.17) is 14.2 Å². The molecule has 0 saturated heterocycles. The Kier molecular flexibility index (Phi) is 67.6. The number of ether oxygens (including phenoxy) is 3. The summed E-state index contributed by atoms with van der Waals surface area (Å²) in [4.78, 5) is 38.4. The van der Waals surface area contributed by atoms with Gasteiger partial charge in [0.25, 0.3) is 0 Å². The number of unbranched alkanes of at least 4 members (excludes halogenated alkanes) is 48. The first kappa shape index (κ1) is 78.4. The second kappa shape index (κ2) is 69.9. The summed E-state index contributed by atoms with van der Waals surface area (Å²) in [6.45, 7) is 6.66. The average molecular weight is 1140 g/mol. The Bertz CT molecular complexity index is 1400. The monoisotopic (exact) mass is 1140 g/mol. The molecule has 6 heteroatoms. The molecular weight excluding hydrogens is 997 g/mol. The van der Waals surface area contributed by atoms with E-state index in [1.807, 2.05) is 0 Å². The summed E-state index contributed by atoms with van der Waals surface area (Å²) in [5.41, 5.74) is 0. The van der Waals surface area contributed by atoms with Crippen LogP contribution < -0.4 is 0 Å². The van der Waals surface area contributed by atoms with E-state index in [9.17, 15) is 14.4 Å². The molecule has 0 fully saturated rings. The summed E-state index contributed by atoms with van der Waals surface area (Å²) in [6, 6.07) is 0.